The van der Waals surface area contributed by atoms with E-state index in [0.29, 0.717) is 0 Å². The number of imide groups is 3. The number of benzene rings is 4. The van der Waals surface area contributed by atoms with E-state index >= 15 is 0 Å². The van der Waals surface area contributed by atoms with Crippen molar-refractivity contribution in [1.29, 1.82) is 0 Å². The first-order valence-corrected chi connectivity index (χ1v) is 12.5. The Labute approximate surface area is 199 Å². The number of fused-ring (bicyclic) bond motifs is 1. The maximum Gasteiger partial charge on any atom is 0.268 e. The summed E-state index contributed by atoms with van der Waals surface area (Å²) in [7, 11) is -0.995. The first-order valence-electron chi connectivity index (χ1n) is 11.1. The molecule has 3 amide bonds. The van der Waals surface area contributed by atoms with Gasteiger partial charge in [0, 0.05) is 12.1 Å². The minimum atomic E-state index is -0.995. The lowest BCUT2D eigenvalue weighted by Crippen LogP contribution is -2.37. The van der Waals surface area contributed by atoms with Crippen molar-refractivity contribution in [2.45, 2.75) is 12.1 Å². The maximum absolute atomic E-state index is 13.6. The van der Waals surface area contributed by atoms with Crippen LogP contribution in [-0.2, 0) is 4.79 Å². The molecule has 0 radical (unpaired) electrons. The number of hydrogen-bond donors (Lipinski definition) is 0. The molecule has 1 aliphatic rings. The highest BCUT2D eigenvalue weighted by Gasteiger charge is 2.41. The van der Waals surface area contributed by atoms with E-state index in [1.165, 1.54) is 0 Å². The highest BCUT2D eigenvalue weighted by Crippen LogP contribution is 2.51. The van der Waals surface area contributed by atoms with Crippen LogP contribution in [0, 0.1) is 0 Å². The van der Waals surface area contributed by atoms with Crippen molar-refractivity contribution in [3.63, 3.8) is 0 Å². The fourth-order valence-electron chi connectivity index (χ4n) is 4.39. The molecule has 1 aliphatic heterocycles. The minimum absolute atomic E-state index is 0.0466. The number of nitrogens with zero attached hydrogens (tertiary/aromatic N) is 1. The second-order valence-electron chi connectivity index (χ2n) is 8.06. The Balaban J connectivity index is 1.56. The molecule has 1 atom stereocenters. The zero-order valence-electron chi connectivity index (χ0n) is 18.4. The van der Waals surface area contributed by atoms with Crippen LogP contribution in [0.1, 0.15) is 38.4 Å². The van der Waals surface area contributed by atoms with Gasteiger partial charge in [-0.15, -0.1) is 0 Å². The summed E-state index contributed by atoms with van der Waals surface area (Å²) in [4.78, 5) is 40.3. The van der Waals surface area contributed by atoms with E-state index in [0.717, 1.165) is 21.1 Å². The second-order valence-corrected chi connectivity index (χ2v) is 10.5. The molecule has 5 heteroatoms. The molecule has 0 N–H and O–H groups in total. The zero-order valence-corrected chi connectivity index (χ0v) is 19.3. The fraction of sp³-hybridized carbons (Fsp3) is 0.0690. The number of amides is 3. The van der Waals surface area contributed by atoms with Gasteiger partial charge in [0.2, 0.25) is 5.91 Å². The van der Waals surface area contributed by atoms with Gasteiger partial charge in [-0.05, 0) is 36.2 Å². The van der Waals surface area contributed by atoms with E-state index in [-0.39, 0.29) is 23.2 Å². The lowest BCUT2D eigenvalue weighted by molar-refractivity contribution is -0.126. The summed E-state index contributed by atoms with van der Waals surface area (Å²) in [5, 5.41) is 2.26. The van der Waals surface area contributed by atoms with Gasteiger partial charge in [-0.2, -0.15) is 0 Å². The Morgan fingerprint density at radius 1 is 0.618 bits per heavy atom. The predicted octanol–water partition coefficient (Wildman–Crippen LogP) is 5.07. The van der Waals surface area contributed by atoms with Gasteiger partial charge in [0.05, 0.1) is 11.1 Å². The first kappa shape index (κ1) is 21.9. The van der Waals surface area contributed by atoms with Gasteiger partial charge in [-0.1, -0.05) is 103 Å². The first-order chi connectivity index (χ1) is 16.6. The molecule has 5 rings (SSSR count). The molecule has 0 spiro atoms. The molecule has 1 heterocycles. The topological polar surface area (TPSA) is 54.5 Å². The van der Waals surface area contributed by atoms with Crippen molar-refractivity contribution in [2.24, 2.45) is 0 Å². The average molecular weight is 463 g/mol. The highest BCUT2D eigenvalue weighted by atomic mass is 31.1. The molecule has 34 heavy (non-hydrogen) atoms. The van der Waals surface area contributed by atoms with Gasteiger partial charge >= 0.3 is 0 Å². The molecule has 0 fully saturated rings. The summed E-state index contributed by atoms with van der Waals surface area (Å²) >= 11 is 0. The molecule has 0 unspecified atom stereocenters. The van der Waals surface area contributed by atoms with E-state index in [1.54, 1.807) is 24.3 Å². The summed E-state index contributed by atoms with van der Waals surface area (Å²) < 4.78 is 0. The van der Waals surface area contributed by atoms with Gasteiger partial charge in [-0.25, -0.2) is 4.90 Å². The Kier molecular flexibility index (Phi) is 6.16. The number of carbonyl (C=O) groups excluding carboxylic acids is 3. The molecule has 4 aromatic rings. The van der Waals surface area contributed by atoms with Gasteiger partial charge in [-0.3, -0.25) is 14.4 Å². The Morgan fingerprint density at radius 2 is 1.03 bits per heavy atom. The van der Waals surface area contributed by atoms with Crippen LogP contribution in [0.25, 0.3) is 0 Å². The molecular weight excluding hydrogens is 441 g/mol. The van der Waals surface area contributed by atoms with Crippen LogP contribution in [0.2, 0.25) is 0 Å². The maximum atomic E-state index is 13.6. The molecule has 4 aromatic carbocycles. The monoisotopic (exact) mass is 463 g/mol. The van der Waals surface area contributed by atoms with Crippen LogP contribution < -0.4 is 10.6 Å². The lowest BCUT2D eigenvalue weighted by atomic mass is 10.1. The van der Waals surface area contributed by atoms with E-state index in [2.05, 4.69) is 24.3 Å². The normalized spacial score (nSPS) is 13.7. The molecule has 0 aliphatic carbocycles. The molecule has 166 valence electrons. The van der Waals surface area contributed by atoms with Crippen LogP contribution in [0.3, 0.4) is 0 Å². The molecule has 0 aromatic heterocycles. The smallest absolute Gasteiger partial charge is 0.268 e. The molecule has 4 nitrogen and oxygen atoms in total. The molecule has 0 bridgehead atoms. The van der Waals surface area contributed by atoms with Crippen molar-refractivity contribution in [3.05, 3.63) is 132 Å². The quantitative estimate of drug-likeness (QED) is 0.296. The van der Waals surface area contributed by atoms with Crippen molar-refractivity contribution >= 4 is 36.3 Å². The third kappa shape index (κ3) is 4.09. The summed E-state index contributed by atoms with van der Waals surface area (Å²) in [6.45, 7) is 0. The standard InChI is InChI=1S/C29H22NO3P/c31-27(30-28(32)24-18-10-11-19-25(24)29(30)33)20-26(21-12-4-1-5-13-21)34(22-14-6-2-7-15-22)23-16-8-3-9-17-23/h1-19,26H,20H2/t26-/m1/s1. The largest absolute Gasteiger partial charge is 0.274 e. The second kappa shape index (κ2) is 9.54. The Morgan fingerprint density at radius 3 is 1.50 bits per heavy atom. The average Bonchev–Trinajstić information content (AvgIpc) is 3.15. The van der Waals surface area contributed by atoms with E-state index in [1.807, 2.05) is 66.7 Å². The SMILES string of the molecule is O=C(C[C@H](c1ccccc1)P(c1ccccc1)c1ccccc1)N1C(=O)c2ccccc2C1=O. The number of rotatable bonds is 6. The van der Waals surface area contributed by atoms with Crippen LogP contribution >= 0.6 is 7.92 Å². The van der Waals surface area contributed by atoms with Crippen LogP contribution in [0.4, 0.5) is 0 Å². The summed E-state index contributed by atoms with van der Waals surface area (Å²) in [6, 6.07) is 36.8. The van der Waals surface area contributed by atoms with Crippen LogP contribution in [-0.4, -0.2) is 22.6 Å². The molecule has 0 saturated heterocycles. The van der Waals surface area contributed by atoms with E-state index < -0.39 is 25.6 Å². The Bertz CT molecular complexity index is 1270. The third-order valence-corrected chi connectivity index (χ3v) is 8.79. The van der Waals surface area contributed by atoms with Gasteiger partial charge in [0.25, 0.3) is 11.8 Å². The van der Waals surface area contributed by atoms with Gasteiger partial charge < -0.3 is 0 Å². The van der Waals surface area contributed by atoms with Gasteiger partial charge in [0.1, 0.15) is 0 Å². The van der Waals surface area contributed by atoms with Crippen LogP contribution in [0.5, 0.6) is 0 Å². The van der Waals surface area contributed by atoms with Gasteiger partial charge in [0.15, 0.2) is 0 Å². The molecule has 0 saturated carbocycles. The van der Waals surface area contributed by atoms with Crippen molar-refractivity contribution in [2.75, 3.05) is 0 Å². The molecular formula is C29H22NO3P. The predicted molar refractivity (Wildman–Crippen MR) is 135 cm³/mol. The lowest BCUT2D eigenvalue weighted by Gasteiger charge is -2.29. The Hall–Kier alpha value is -3.88. The van der Waals surface area contributed by atoms with Crippen molar-refractivity contribution in [3.8, 4) is 0 Å². The minimum Gasteiger partial charge on any atom is -0.274 e. The van der Waals surface area contributed by atoms with E-state index in [4.69, 9.17) is 0 Å². The van der Waals surface area contributed by atoms with Crippen LogP contribution in [0.15, 0.2) is 115 Å². The summed E-state index contributed by atoms with van der Waals surface area (Å²) in [5.41, 5.74) is 1.36. The van der Waals surface area contributed by atoms with E-state index in [9.17, 15) is 14.4 Å². The summed E-state index contributed by atoms with van der Waals surface area (Å²) in [5.74, 6) is -1.55. The number of hydrogen-bond acceptors (Lipinski definition) is 3. The van der Waals surface area contributed by atoms with Crippen molar-refractivity contribution in [1.82, 2.24) is 4.90 Å². The fourth-order valence-corrected chi connectivity index (χ4v) is 7.21. The summed E-state index contributed by atoms with van der Waals surface area (Å²) in [6.07, 6.45) is 0.0466. The third-order valence-electron chi connectivity index (χ3n) is 5.98. The highest BCUT2D eigenvalue weighted by molar-refractivity contribution is 7.73. The van der Waals surface area contributed by atoms with Crippen molar-refractivity contribution < 1.29 is 14.4 Å². The zero-order chi connectivity index (χ0) is 23.5. The number of carbonyl (C=O) groups is 3.